The molecule has 0 fully saturated rings. The van der Waals surface area contributed by atoms with Crippen LogP contribution in [0.3, 0.4) is 0 Å². The quantitative estimate of drug-likeness (QED) is 0.166. The molecule has 0 N–H and O–H groups in total. The van der Waals surface area contributed by atoms with Crippen molar-refractivity contribution in [2.45, 2.75) is 19.3 Å². The monoisotopic (exact) mass is 778 g/mol. The minimum atomic E-state index is -0.610. The highest BCUT2D eigenvalue weighted by Crippen LogP contribution is 2.67. The van der Waals surface area contributed by atoms with Crippen molar-refractivity contribution in [1.29, 1.82) is 0 Å². The lowest BCUT2D eigenvalue weighted by molar-refractivity contribution is 0.795. The van der Waals surface area contributed by atoms with Crippen LogP contribution in [0.1, 0.15) is 33.4 Å². The van der Waals surface area contributed by atoms with Crippen LogP contribution in [-0.2, 0) is 5.41 Å². The number of nitrogens with zero attached hydrogens (tertiary/aromatic N) is 2. The van der Waals surface area contributed by atoms with E-state index in [1.807, 2.05) is 0 Å². The summed E-state index contributed by atoms with van der Waals surface area (Å²) in [4.78, 5) is 4.92. The van der Waals surface area contributed by atoms with E-state index in [1.54, 1.807) is 0 Å². The smallest absolute Gasteiger partial charge is 0.0727 e. The Kier molecular flexibility index (Phi) is 7.92. The average Bonchev–Trinajstić information content (AvgIpc) is 3.79. The molecule has 2 aliphatic rings. The second-order valence-corrected chi connectivity index (χ2v) is 16.6. The van der Waals surface area contributed by atoms with E-state index < -0.39 is 5.41 Å². The van der Waals surface area contributed by atoms with Crippen molar-refractivity contribution in [3.8, 4) is 22.3 Å². The fourth-order valence-electron chi connectivity index (χ4n) is 10.6. The van der Waals surface area contributed by atoms with E-state index >= 15 is 0 Å². The van der Waals surface area contributed by atoms with Gasteiger partial charge in [-0.3, -0.25) is 0 Å². The lowest BCUT2D eigenvalue weighted by Crippen LogP contribution is -2.26. The third kappa shape index (κ3) is 5.15. The summed E-state index contributed by atoms with van der Waals surface area (Å²) in [6.07, 6.45) is 0. The molecule has 288 valence electrons. The van der Waals surface area contributed by atoms with Gasteiger partial charge in [0.2, 0.25) is 0 Å². The van der Waals surface area contributed by atoms with Gasteiger partial charge >= 0.3 is 0 Å². The van der Waals surface area contributed by atoms with Gasteiger partial charge in [0.15, 0.2) is 0 Å². The van der Waals surface area contributed by atoms with Gasteiger partial charge in [0.25, 0.3) is 0 Å². The molecule has 2 aliphatic carbocycles. The van der Waals surface area contributed by atoms with Crippen LogP contribution in [0, 0.1) is 13.8 Å². The van der Waals surface area contributed by atoms with Crippen molar-refractivity contribution in [2.24, 2.45) is 0 Å². The van der Waals surface area contributed by atoms with Gasteiger partial charge in [-0.05, 0) is 130 Å². The van der Waals surface area contributed by atoms with Crippen molar-refractivity contribution in [2.75, 3.05) is 9.80 Å². The Balaban J connectivity index is 1.26. The average molecular weight is 779 g/mol. The minimum absolute atomic E-state index is 0.610. The van der Waals surface area contributed by atoms with Crippen molar-refractivity contribution in [3.63, 3.8) is 0 Å². The van der Waals surface area contributed by atoms with E-state index in [2.05, 4.69) is 242 Å². The fourth-order valence-corrected chi connectivity index (χ4v) is 10.6. The molecule has 0 radical (unpaired) electrons. The predicted octanol–water partition coefficient (Wildman–Crippen LogP) is 15.9. The first kappa shape index (κ1) is 35.3. The maximum absolute atomic E-state index is 2.55. The highest BCUT2D eigenvalue weighted by molar-refractivity contribution is 6.19. The van der Waals surface area contributed by atoms with Gasteiger partial charge in [-0.1, -0.05) is 169 Å². The summed E-state index contributed by atoms with van der Waals surface area (Å²) in [7, 11) is 0. The summed E-state index contributed by atoms with van der Waals surface area (Å²) in [5, 5.41) is 4.93. The molecule has 10 aromatic carbocycles. The summed E-state index contributed by atoms with van der Waals surface area (Å²) in [5.74, 6) is 0. The first-order valence-electron chi connectivity index (χ1n) is 21.3. The van der Waals surface area contributed by atoms with Crippen LogP contribution in [0.2, 0.25) is 0 Å². The Bertz CT molecular complexity index is 3090. The molecule has 0 amide bonds. The van der Waals surface area contributed by atoms with Crippen LogP contribution in [0.4, 0.5) is 34.1 Å². The maximum atomic E-state index is 2.55. The number of anilines is 6. The molecule has 1 spiro atoms. The van der Waals surface area contributed by atoms with Crippen LogP contribution in [-0.4, -0.2) is 0 Å². The number of para-hydroxylation sites is 2. The van der Waals surface area contributed by atoms with Gasteiger partial charge in [-0.25, -0.2) is 0 Å². The van der Waals surface area contributed by atoms with Gasteiger partial charge in [-0.2, -0.15) is 0 Å². The number of benzene rings is 10. The minimum Gasteiger partial charge on any atom is -0.310 e. The van der Waals surface area contributed by atoms with Crippen LogP contribution >= 0.6 is 0 Å². The van der Waals surface area contributed by atoms with Crippen molar-refractivity contribution < 1.29 is 0 Å². The SMILES string of the molecule is Cc1ccc(N(c2ccccc2)c2cc3c(c4ccccc24)-c2c(cc(N(c4ccccc4)c4ccc(C)cc4)c4ccccc24)C32c3ccccc3-c3ccccc32)cc1. The van der Waals surface area contributed by atoms with E-state index in [9.17, 15) is 0 Å². The molecule has 0 heterocycles. The second-order valence-electron chi connectivity index (χ2n) is 16.6. The molecule has 12 rings (SSSR count). The Morgan fingerprint density at radius 3 is 1.03 bits per heavy atom. The maximum Gasteiger partial charge on any atom is 0.0727 e. The molecule has 61 heavy (non-hydrogen) atoms. The number of rotatable bonds is 6. The van der Waals surface area contributed by atoms with E-state index in [-0.39, 0.29) is 0 Å². The number of fused-ring (bicyclic) bond motifs is 14. The topological polar surface area (TPSA) is 6.48 Å². The summed E-state index contributed by atoms with van der Waals surface area (Å²) in [6.45, 7) is 4.32. The van der Waals surface area contributed by atoms with Gasteiger partial charge < -0.3 is 9.80 Å². The molecule has 10 aromatic rings. The Hall–Kier alpha value is -7.68. The van der Waals surface area contributed by atoms with E-state index in [1.165, 1.54) is 77.2 Å². The summed E-state index contributed by atoms with van der Waals surface area (Å²) in [6, 6.07) is 81.3. The molecular formula is C59H42N2. The molecule has 0 saturated carbocycles. The van der Waals surface area contributed by atoms with Gasteiger partial charge in [0.1, 0.15) is 0 Å². The van der Waals surface area contributed by atoms with E-state index in [0.717, 1.165) is 34.1 Å². The van der Waals surface area contributed by atoms with Crippen LogP contribution in [0.25, 0.3) is 43.8 Å². The van der Waals surface area contributed by atoms with E-state index in [0.29, 0.717) is 0 Å². The molecule has 0 aliphatic heterocycles. The highest BCUT2D eigenvalue weighted by atomic mass is 15.1. The predicted molar refractivity (Wildman–Crippen MR) is 257 cm³/mol. The van der Waals surface area contributed by atoms with Crippen molar-refractivity contribution in [3.05, 3.63) is 252 Å². The molecular weight excluding hydrogens is 737 g/mol. The Labute approximate surface area is 357 Å². The number of aryl methyl sites for hydroxylation is 2. The van der Waals surface area contributed by atoms with Gasteiger partial charge in [0.05, 0.1) is 16.8 Å². The lowest BCUT2D eigenvalue weighted by atomic mass is 9.70. The molecule has 0 saturated heterocycles. The zero-order valence-electron chi connectivity index (χ0n) is 34.2. The summed E-state index contributed by atoms with van der Waals surface area (Å²) in [5.41, 5.74) is 19.1. The first-order valence-corrected chi connectivity index (χ1v) is 21.3. The molecule has 2 nitrogen and oxygen atoms in total. The zero-order valence-corrected chi connectivity index (χ0v) is 34.2. The standard InChI is InChI=1S/C59H42N2/c1-39-29-33-43(34-30-39)60(41-17-5-3-6-18-41)55-37-53-57(49-25-11-9-23-47(49)55)58-50-26-12-10-24-48(50)56(61(42-19-7-4-8-20-42)44-35-31-40(2)32-36-44)38-54(58)59(53)51-27-15-13-21-45(51)46-22-14-16-28-52(46)59/h3-38H,1-2H3. The number of hydrogen-bond donors (Lipinski definition) is 0. The van der Waals surface area contributed by atoms with Crippen molar-refractivity contribution >= 4 is 55.7 Å². The molecule has 2 heteroatoms. The normalized spacial score (nSPS) is 12.9. The molecule has 0 unspecified atom stereocenters. The fraction of sp³-hybridized carbons (Fsp3) is 0.0508. The van der Waals surface area contributed by atoms with E-state index in [4.69, 9.17) is 0 Å². The Morgan fingerprint density at radius 2 is 0.623 bits per heavy atom. The second kappa shape index (κ2) is 13.7. The van der Waals surface area contributed by atoms with Crippen LogP contribution < -0.4 is 9.80 Å². The molecule has 0 aromatic heterocycles. The summed E-state index contributed by atoms with van der Waals surface area (Å²) >= 11 is 0. The molecule has 0 bridgehead atoms. The molecule has 0 atom stereocenters. The zero-order chi connectivity index (χ0) is 40.7. The third-order valence-corrected chi connectivity index (χ3v) is 13.2. The largest absolute Gasteiger partial charge is 0.310 e. The van der Waals surface area contributed by atoms with Crippen molar-refractivity contribution in [1.82, 2.24) is 0 Å². The van der Waals surface area contributed by atoms with Crippen LogP contribution in [0.5, 0.6) is 0 Å². The third-order valence-electron chi connectivity index (χ3n) is 13.2. The summed E-state index contributed by atoms with van der Waals surface area (Å²) < 4.78 is 0. The van der Waals surface area contributed by atoms with Gasteiger partial charge in [0, 0.05) is 33.5 Å². The highest BCUT2D eigenvalue weighted by Gasteiger charge is 2.53. The Morgan fingerprint density at radius 1 is 0.295 bits per heavy atom. The van der Waals surface area contributed by atoms with Gasteiger partial charge in [-0.15, -0.1) is 0 Å². The van der Waals surface area contributed by atoms with Crippen LogP contribution in [0.15, 0.2) is 218 Å². The first-order chi connectivity index (χ1) is 30.1. The number of hydrogen-bond acceptors (Lipinski definition) is 2. The lowest BCUT2D eigenvalue weighted by Gasteiger charge is -2.34.